The van der Waals surface area contributed by atoms with Crippen molar-refractivity contribution >= 4 is 27.8 Å². The predicted octanol–water partition coefficient (Wildman–Crippen LogP) is 2.62. The summed E-state index contributed by atoms with van der Waals surface area (Å²) >= 11 is 3.18. The van der Waals surface area contributed by atoms with Crippen LogP contribution in [0.15, 0.2) is 24.3 Å². The van der Waals surface area contributed by atoms with Crippen LogP contribution in [0.2, 0.25) is 0 Å². The molecule has 0 bridgehead atoms. The number of nitrogens with zero attached hydrogens (tertiary/aromatic N) is 1. The Hall–Kier alpha value is -1.56. The number of esters is 1. The summed E-state index contributed by atoms with van der Waals surface area (Å²) in [4.78, 5) is 25.9. The Kier molecular flexibility index (Phi) is 7.38. The van der Waals surface area contributed by atoms with Gasteiger partial charge in [0.15, 0.2) is 0 Å². The van der Waals surface area contributed by atoms with Crippen molar-refractivity contribution in [3.8, 4) is 5.75 Å². The number of halogens is 1. The maximum atomic E-state index is 12.3. The first-order valence-corrected chi connectivity index (χ1v) is 8.12. The average molecular weight is 372 g/mol. The number of amides is 1. The second-order valence-corrected chi connectivity index (χ2v) is 5.78. The second-order valence-electron chi connectivity index (χ2n) is 5.22. The fourth-order valence-corrected chi connectivity index (χ4v) is 2.55. The van der Waals surface area contributed by atoms with E-state index in [1.807, 2.05) is 38.1 Å². The van der Waals surface area contributed by atoms with E-state index >= 15 is 0 Å². The zero-order valence-corrected chi connectivity index (χ0v) is 14.9. The number of hydrogen-bond donors (Lipinski definition) is 0. The van der Waals surface area contributed by atoms with Crippen LogP contribution >= 0.6 is 15.9 Å². The van der Waals surface area contributed by atoms with Crippen LogP contribution in [0.1, 0.15) is 19.4 Å². The minimum absolute atomic E-state index is 0.0475. The lowest BCUT2D eigenvalue weighted by Gasteiger charge is -2.32. The molecule has 0 heterocycles. The van der Waals surface area contributed by atoms with E-state index in [-0.39, 0.29) is 17.2 Å². The normalized spacial score (nSPS) is 11.9. The molecule has 0 saturated heterocycles. The van der Waals surface area contributed by atoms with Gasteiger partial charge in [-0.3, -0.25) is 4.79 Å². The van der Waals surface area contributed by atoms with Gasteiger partial charge in [0.05, 0.1) is 19.5 Å². The highest BCUT2D eigenvalue weighted by atomic mass is 79.9. The molecule has 22 heavy (non-hydrogen) atoms. The van der Waals surface area contributed by atoms with Gasteiger partial charge in [0.1, 0.15) is 11.8 Å². The minimum atomic E-state index is -0.614. The van der Waals surface area contributed by atoms with Crippen LogP contribution in [-0.2, 0) is 20.9 Å². The van der Waals surface area contributed by atoms with Gasteiger partial charge in [0, 0.05) is 6.54 Å². The molecule has 0 aliphatic heterocycles. The van der Waals surface area contributed by atoms with E-state index in [1.165, 1.54) is 7.11 Å². The lowest BCUT2D eigenvalue weighted by atomic mass is 10.0. The first kappa shape index (κ1) is 18.5. The highest BCUT2D eigenvalue weighted by Gasteiger charge is 2.32. The molecule has 122 valence electrons. The van der Waals surface area contributed by atoms with Gasteiger partial charge in [-0.25, -0.2) is 4.79 Å². The molecule has 0 N–H and O–H groups in total. The monoisotopic (exact) mass is 371 g/mol. The van der Waals surface area contributed by atoms with Gasteiger partial charge in [-0.15, -0.1) is 0 Å². The quantitative estimate of drug-likeness (QED) is 0.546. The summed E-state index contributed by atoms with van der Waals surface area (Å²) in [5.74, 6) is 0.141. The number of hydrogen-bond acceptors (Lipinski definition) is 4. The third-order valence-electron chi connectivity index (χ3n) is 3.36. The summed E-state index contributed by atoms with van der Waals surface area (Å²) in [6.07, 6.45) is 0. The van der Waals surface area contributed by atoms with Crippen LogP contribution in [0, 0.1) is 5.92 Å². The van der Waals surface area contributed by atoms with Gasteiger partial charge >= 0.3 is 5.97 Å². The molecule has 0 aliphatic carbocycles. The van der Waals surface area contributed by atoms with Gasteiger partial charge in [0.2, 0.25) is 5.91 Å². The molecule has 0 spiro atoms. The zero-order valence-electron chi connectivity index (χ0n) is 13.3. The van der Waals surface area contributed by atoms with Crippen LogP contribution < -0.4 is 4.74 Å². The predicted molar refractivity (Wildman–Crippen MR) is 88.0 cm³/mol. The van der Waals surface area contributed by atoms with E-state index in [9.17, 15) is 9.59 Å². The van der Waals surface area contributed by atoms with Crippen molar-refractivity contribution in [3.05, 3.63) is 29.8 Å². The van der Waals surface area contributed by atoms with Crippen molar-refractivity contribution in [1.82, 2.24) is 4.90 Å². The number of carbonyl (C=O) groups excluding carboxylic acids is 2. The molecule has 0 fully saturated rings. The first-order chi connectivity index (χ1) is 10.4. The molecular formula is C16H22BrNO4. The number of alkyl halides is 1. The van der Waals surface area contributed by atoms with Crippen molar-refractivity contribution in [3.63, 3.8) is 0 Å². The van der Waals surface area contributed by atoms with Gasteiger partial charge < -0.3 is 14.4 Å². The maximum Gasteiger partial charge on any atom is 0.328 e. The highest BCUT2D eigenvalue weighted by molar-refractivity contribution is 9.09. The summed E-state index contributed by atoms with van der Waals surface area (Å²) in [6, 6.07) is 6.80. The van der Waals surface area contributed by atoms with Crippen LogP contribution in [-0.4, -0.2) is 42.4 Å². The Labute approximate surface area is 139 Å². The first-order valence-electron chi connectivity index (χ1n) is 7.00. The lowest BCUT2D eigenvalue weighted by molar-refractivity contribution is -0.154. The van der Waals surface area contributed by atoms with Gasteiger partial charge in [-0.2, -0.15) is 0 Å². The Morgan fingerprint density at radius 3 is 2.18 bits per heavy atom. The third kappa shape index (κ3) is 4.73. The standard InChI is InChI=1S/C16H22BrNO4/c1-11(2)15(16(20)22-4)18(14(19)9-17)10-12-5-7-13(21-3)8-6-12/h5-8,11,15H,9-10H2,1-4H3/t15-/m1/s1. The molecule has 6 heteroatoms. The van der Waals surface area contributed by atoms with Gasteiger partial charge in [-0.05, 0) is 23.6 Å². The number of methoxy groups -OCH3 is 2. The van der Waals surface area contributed by atoms with Crippen LogP contribution in [0.3, 0.4) is 0 Å². The maximum absolute atomic E-state index is 12.3. The Balaban J connectivity index is 3.05. The number of ether oxygens (including phenoxy) is 2. The molecule has 1 amide bonds. The van der Waals surface area contributed by atoms with Crippen LogP contribution in [0.4, 0.5) is 0 Å². The van der Waals surface area contributed by atoms with Crippen molar-refractivity contribution in [2.24, 2.45) is 5.92 Å². The molecule has 0 radical (unpaired) electrons. The molecule has 0 aliphatic rings. The molecule has 1 rings (SSSR count). The van der Waals surface area contributed by atoms with Crippen LogP contribution in [0.5, 0.6) is 5.75 Å². The lowest BCUT2D eigenvalue weighted by Crippen LogP contribution is -2.48. The van der Waals surface area contributed by atoms with Gasteiger partial charge in [0.25, 0.3) is 0 Å². The molecule has 1 aromatic rings. The Bertz CT molecular complexity index is 501. The van der Waals surface area contributed by atoms with Crippen molar-refractivity contribution < 1.29 is 19.1 Å². The van der Waals surface area contributed by atoms with Crippen LogP contribution in [0.25, 0.3) is 0 Å². The number of benzene rings is 1. The van der Waals surface area contributed by atoms with Crippen molar-refractivity contribution in [1.29, 1.82) is 0 Å². The minimum Gasteiger partial charge on any atom is -0.497 e. The summed E-state index contributed by atoms with van der Waals surface area (Å²) in [5.41, 5.74) is 0.921. The smallest absolute Gasteiger partial charge is 0.328 e. The molecule has 5 nitrogen and oxygen atoms in total. The van der Waals surface area contributed by atoms with Crippen molar-refractivity contribution in [2.45, 2.75) is 26.4 Å². The largest absolute Gasteiger partial charge is 0.497 e. The van der Waals surface area contributed by atoms with Gasteiger partial charge in [-0.1, -0.05) is 41.9 Å². The summed E-state index contributed by atoms with van der Waals surface area (Å²) in [5, 5.41) is 0.156. The number of carbonyl (C=O) groups is 2. The Morgan fingerprint density at radius 2 is 1.77 bits per heavy atom. The summed E-state index contributed by atoms with van der Waals surface area (Å²) in [6.45, 7) is 4.13. The summed E-state index contributed by atoms with van der Waals surface area (Å²) < 4.78 is 9.98. The molecule has 0 aromatic heterocycles. The van der Waals surface area contributed by atoms with E-state index in [0.717, 1.165) is 11.3 Å². The molecule has 1 atom stereocenters. The number of rotatable bonds is 7. The SMILES string of the molecule is COC(=O)[C@@H](C(C)C)N(Cc1ccc(OC)cc1)C(=O)CBr. The van der Waals surface area contributed by atoms with Crippen molar-refractivity contribution in [2.75, 3.05) is 19.5 Å². The second kappa shape index (κ2) is 8.78. The fourth-order valence-electron chi connectivity index (χ4n) is 2.23. The molecule has 0 unspecified atom stereocenters. The fraction of sp³-hybridized carbons (Fsp3) is 0.500. The van der Waals surface area contributed by atoms with E-state index in [0.29, 0.717) is 6.54 Å². The average Bonchev–Trinajstić information content (AvgIpc) is 2.53. The van der Waals surface area contributed by atoms with E-state index < -0.39 is 12.0 Å². The molecule has 0 saturated carbocycles. The van der Waals surface area contributed by atoms with E-state index in [4.69, 9.17) is 9.47 Å². The zero-order chi connectivity index (χ0) is 16.7. The highest BCUT2D eigenvalue weighted by Crippen LogP contribution is 2.19. The summed E-state index contributed by atoms with van der Waals surface area (Å²) in [7, 11) is 2.93. The molecule has 1 aromatic carbocycles. The van der Waals surface area contributed by atoms with E-state index in [2.05, 4.69) is 15.9 Å². The van der Waals surface area contributed by atoms with E-state index in [1.54, 1.807) is 12.0 Å². The Morgan fingerprint density at radius 1 is 1.18 bits per heavy atom. The third-order valence-corrected chi connectivity index (χ3v) is 3.84. The topological polar surface area (TPSA) is 55.8 Å². The molecular weight excluding hydrogens is 350 g/mol.